The molecular weight excluding hydrogens is 420 g/mol. The number of aryl methyl sites for hydroxylation is 1. The number of hydrogen-bond donors (Lipinski definition) is 1. The van der Waals surface area contributed by atoms with E-state index in [0.717, 1.165) is 22.4 Å². The second-order valence-corrected chi connectivity index (χ2v) is 7.76. The van der Waals surface area contributed by atoms with Gasteiger partial charge in [-0.15, -0.1) is 0 Å². The third-order valence-corrected chi connectivity index (χ3v) is 5.37. The molecule has 4 aromatic rings. The van der Waals surface area contributed by atoms with Crippen LogP contribution in [0, 0.1) is 24.0 Å². The summed E-state index contributed by atoms with van der Waals surface area (Å²) in [6.07, 6.45) is 1.93. The third-order valence-electron chi connectivity index (χ3n) is 5.37. The number of carbonyl (C=O) groups excluding carboxylic acids is 1. The molecule has 0 aliphatic heterocycles. The minimum atomic E-state index is -0.473. The van der Waals surface area contributed by atoms with Crippen LogP contribution in [0.1, 0.15) is 22.5 Å². The zero-order chi connectivity index (χ0) is 23.4. The van der Waals surface area contributed by atoms with E-state index >= 15 is 0 Å². The third kappa shape index (κ3) is 4.98. The molecule has 4 rings (SSSR count). The van der Waals surface area contributed by atoms with Crippen molar-refractivity contribution in [1.29, 1.82) is 0 Å². The van der Waals surface area contributed by atoms with Crippen molar-refractivity contribution in [1.82, 2.24) is 24.9 Å². The molecule has 0 saturated carbocycles. The molecule has 0 fully saturated rings. The average molecular weight is 444 g/mol. The molecule has 33 heavy (non-hydrogen) atoms. The van der Waals surface area contributed by atoms with Gasteiger partial charge in [0, 0.05) is 23.9 Å². The first-order valence-corrected chi connectivity index (χ1v) is 10.5. The van der Waals surface area contributed by atoms with Crippen LogP contribution >= 0.6 is 0 Å². The monoisotopic (exact) mass is 444 g/mol. The van der Waals surface area contributed by atoms with Crippen molar-refractivity contribution in [2.24, 2.45) is 0 Å². The maximum atomic E-state index is 12.6. The summed E-state index contributed by atoms with van der Waals surface area (Å²) in [6, 6.07) is 19.8. The van der Waals surface area contributed by atoms with E-state index in [2.05, 4.69) is 10.4 Å². The van der Waals surface area contributed by atoms with Crippen LogP contribution in [0.5, 0.6) is 0 Å². The first-order valence-electron chi connectivity index (χ1n) is 10.5. The van der Waals surface area contributed by atoms with Crippen molar-refractivity contribution >= 4 is 11.6 Å². The summed E-state index contributed by atoms with van der Waals surface area (Å²) in [7, 11) is 0. The zero-order valence-corrected chi connectivity index (χ0v) is 18.4. The van der Waals surface area contributed by atoms with E-state index in [1.807, 2.05) is 71.5 Å². The summed E-state index contributed by atoms with van der Waals surface area (Å²) >= 11 is 0. The van der Waals surface area contributed by atoms with Crippen LogP contribution in [-0.4, -0.2) is 30.4 Å². The molecule has 1 N–H and O–H groups in total. The Morgan fingerprint density at radius 2 is 1.70 bits per heavy atom. The molecule has 168 valence electrons. The van der Waals surface area contributed by atoms with Gasteiger partial charge in [0.25, 0.3) is 0 Å². The van der Waals surface area contributed by atoms with Gasteiger partial charge in [-0.3, -0.25) is 24.3 Å². The van der Waals surface area contributed by atoms with Crippen molar-refractivity contribution in [2.75, 3.05) is 0 Å². The van der Waals surface area contributed by atoms with Crippen molar-refractivity contribution in [3.8, 4) is 11.3 Å². The maximum absolute atomic E-state index is 12.6. The molecule has 9 nitrogen and oxygen atoms in total. The highest BCUT2D eigenvalue weighted by atomic mass is 16.6. The molecule has 0 aliphatic rings. The summed E-state index contributed by atoms with van der Waals surface area (Å²) in [5, 5.41) is 23.0. The lowest BCUT2D eigenvalue weighted by Gasteiger charge is -2.07. The Morgan fingerprint density at radius 3 is 2.33 bits per heavy atom. The van der Waals surface area contributed by atoms with E-state index in [1.165, 1.54) is 4.68 Å². The Kier molecular flexibility index (Phi) is 6.30. The minimum Gasteiger partial charge on any atom is -0.350 e. The number of aromatic nitrogens is 4. The van der Waals surface area contributed by atoms with E-state index in [-0.39, 0.29) is 24.7 Å². The predicted octanol–water partition coefficient (Wildman–Crippen LogP) is 3.64. The van der Waals surface area contributed by atoms with Crippen LogP contribution < -0.4 is 5.32 Å². The van der Waals surface area contributed by atoms with E-state index in [1.54, 1.807) is 13.8 Å². The standard InChI is InChI=1S/C24H24N6O3/c1-17-24(30(32)33)18(2)29(26-17)16-22(31)25-13-21-15-28(14-19-9-5-3-6-10-19)27-23(21)20-11-7-4-8-12-20/h3-12,15H,13-14,16H2,1-2H3,(H,25,31). The minimum absolute atomic E-state index is 0.0589. The molecule has 1 amide bonds. The maximum Gasteiger partial charge on any atom is 0.312 e. The number of hydrogen-bond acceptors (Lipinski definition) is 5. The van der Waals surface area contributed by atoms with Gasteiger partial charge in [0.2, 0.25) is 5.91 Å². The topological polar surface area (TPSA) is 108 Å². The predicted molar refractivity (Wildman–Crippen MR) is 123 cm³/mol. The summed E-state index contributed by atoms with van der Waals surface area (Å²) < 4.78 is 3.23. The van der Waals surface area contributed by atoms with E-state index in [4.69, 9.17) is 5.10 Å². The number of nitrogens with zero attached hydrogens (tertiary/aromatic N) is 5. The smallest absolute Gasteiger partial charge is 0.312 e. The Bertz CT molecular complexity index is 1280. The summed E-state index contributed by atoms with van der Waals surface area (Å²) in [5.41, 5.74) is 4.35. The first-order chi connectivity index (χ1) is 15.9. The summed E-state index contributed by atoms with van der Waals surface area (Å²) in [4.78, 5) is 23.3. The lowest BCUT2D eigenvalue weighted by Crippen LogP contribution is -2.28. The van der Waals surface area contributed by atoms with Gasteiger partial charge in [0.15, 0.2) is 0 Å². The highest BCUT2D eigenvalue weighted by Crippen LogP contribution is 2.23. The van der Waals surface area contributed by atoms with E-state index in [9.17, 15) is 14.9 Å². The fraction of sp³-hybridized carbons (Fsp3) is 0.208. The van der Waals surface area contributed by atoms with Crippen molar-refractivity contribution in [3.05, 3.63) is 99.5 Å². The highest BCUT2D eigenvalue weighted by molar-refractivity contribution is 5.76. The summed E-state index contributed by atoms with van der Waals surface area (Å²) in [6.45, 7) is 3.95. The second kappa shape index (κ2) is 9.47. The Morgan fingerprint density at radius 1 is 1.03 bits per heavy atom. The normalized spacial score (nSPS) is 10.8. The van der Waals surface area contributed by atoms with Crippen LogP contribution in [0.15, 0.2) is 66.9 Å². The zero-order valence-electron chi connectivity index (χ0n) is 18.4. The van der Waals surface area contributed by atoms with Gasteiger partial charge in [-0.05, 0) is 19.4 Å². The first kappa shape index (κ1) is 21.9. The Labute approximate surface area is 190 Å². The van der Waals surface area contributed by atoms with Gasteiger partial charge in [-0.1, -0.05) is 60.7 Å². The quantitative estimate of drug-likeness (QED) is 0.330. The highest BCUT2D eigenvalue weighted by Gasteiger charge is 2.23. The van der Waals surface area contributed by atoms with E-state index in [0.29, 0.717) is 17.9 Å². The molecule has 0 bridgehead atoms. The molecular formula is C24H24N6O3. The van der Waals surface area contributed by atoms with Crippen LogP contribution in [0.25, 0.3) is 11.3 Å². The molecule has 0 spiro atoms. The Balaban J connectivity index is 1.51. The lowest BCUT2D eigenvalue weighted by molar-refractivity contribution is -0.386. The van der Waals surface area contributed by atoms with Crippen LogP contribution in [-0.2, 0) is 24.4 Å². The number of nitrogens with one attached hydrogen (secondary N) is 1. The molecule has 2 aromatic carbocycles. The number of amides is 1. The molecule has 2 heterocycles. The van der Waals surface area contributed by atoms with Gasteiger partial charge >= 0.3 is 5.69 Å². The lowest BCUT2D eigenvalue weighted by atomic mass is 10.1. The molecule has 0 radical (unpaired) electrons. The molecule has 9 heteroatoms. The molecule has 0 saturated heterocycles. The van der Waals surface area contributed by atoms with Crippen LogP contribution in [0.3, 0.4) is 0 Å². The molecule has 0 atom stereocenters. The second-order valence-electron chi connectivity index (χ2n) is 7.76. The van der Waals surface area contributed by atoms with E-state index < -0.39 is 4.92 Å². The Hall–Kier alpha value is -4.27. The van der Waals surface area contributed by atoms with Gasteiger partial charge in [0.05, 0.1) is 17.2 Å². The number of rotatable bonds is 8. The number of carbonyl (C=O) groups is 1. The van der Waals surface area contributed by atoms with Crippen LogP contribution in [0.2, 0.25) is 0 Å². The van der Waals surface area contributed by atoms with Gasteiger partial charge < -0.3 is 5.32 Å². The van der Waals surface area contributed by atoms with Crippen molar-refractivity contribution < 1.29 is 9.72 Å². The molecule has 0 unspecified atom stereocenters. The van der Waals surface area contributed by atoms with Gasteiger partial charge in [0.1, 0.15) is 17.9 Å². The average Bonchev–Trinajstić information content (AvgIpc) is 3.33. The number of benzene rings is 2. The van der Waals surface area contributed by atoms with Gasteiger partial charge in [-0.2, -0.15) is 10.2 Å². The SMILES string of the molecule is Cc1nn(CC(=O)NCc2cn(Cc3ccccc3)nc2-c2ccccc2)c(C)c1[N+](=O)[O-]. The van der Waals surface area contributed by atoms with Crippen molar-refractivity contribution in [2.45, 2.75) is 33.5 Å². The molecule has 2 aromatic heterocycles. The summed E-state index contributed by atoms with van der Waals surface area (Å²) in [5.74, 6) is -0.287. The number of nitro groups is 1. The van der Waals surface area contributed by atoms with Gasteiger partial charge in [-0.25, -0.2) is 0 Å². The molecule has 0 aliphatic carbocycles. The largest absolute Gasteiger partial charge is 0.350 e. The van der Waals surface area contributed by atoms with Crippen LogP contribution in [0.4, 0.5) is 5.69 Å². The fourth-order valence-electron chi connectivity index (χ4n) is 3.77. The fourth-order valence-corrected chi connectivity index (χ4v) is 3.77. The van der Waals surface area contributed by atoms with Crippen molar-refractivity contribution in [3.63, 3.8) is 0 Å².